The van der Waals surface area contributed by atoms with Crippen LogP contribution in [0.15, 0.2) is 64.8 Å². The summed E-state index contributed by atoms with van der Waals surface area (Å²) >= 11 is 1.45. The molecule has 1 amide bonds. The number of carbonyl (C=O) groups is 1. The molecule has 10 heteroatoms. The van der Waals surface area contributed by atoms with E-state index in [-0.39, 0.29) is 17.3 Å². The maximum Gasteiger partial charge on any atom is 0.323 e. The van der Waals surface area contributed by atoms with Crippen LogP contribution >= 0.6 is 11.3 Å². The van der Waals surface area contributed by atoms with Gasteiger partial charge in [0.1, 0.15) is 5.82 Å². The molecule has 30 heavy (non-hydrogen) atoms. The van der Waals surface area contributed by atoms with Gasteiger partial charge in [-0.1, -0.05) is 6.07 Å². The van der Waals surface area contributed by atoms with Gasteiger partial charge in [-0.05, 0) is 53.9 Å². The molecule has 0 fully saturated rings. The number of halogens is 1. The average molecular weight is 420 g/mol. The molecule has 0 aliphatic rings. The summed E-state index contributed by atoms with van der Waals surface area (Å²) in [4.78, 5) is 34.7. The first kappa shape index (κ1) is 18.0. The van der Waals surface area contributed by atoms with Gasteiger partial charge >= 0.3 is 5.69 Å². The first-order chi connectivity index (χ1) is 14.6. The minimum absolute atomic E-state index is 0.0367. The number of carbonyl (C=O) groups excluding carboxylic acids is 1. The Kier molecular flexibility index (Phi) is 4.25. The molecule has 0 saturated carbocycles. The van der Waals surface area contributed by atoms with Gasteiger partial charge in [-0.2, -0.15) is 0 Å². The predicted molar refractivity (Wildman–Crippen MR) is 112 cm³/mol. The van der Waals surface area contributed by atoms with Gasteiger partial charge in [-0.25, -0.2) is 18.9 Å². The zero-order chi connectivity index (χ0) is 20.7. The topological polar surface area (TPSA) is 108 Å². The van der Waals surface area contributed by atoms with E-state index in [1.54, 1.807) is 30.3 Å². The largest absolute Gasteiger partial charge is 0.323 e. The van der Waals surface area contributed by atoms with Gasteiger partial charge in [0, 0.05) is 5.69 Å². The van der Waals surface area contributed by atoms with Crippen LogP contribution in [-0.2, 0) is 0 Å². The van der Waals surface area contributed by atoms with Gasteiger partial charge in [0.05, 0.1) is 21.6 Å². The second-order valence-electron chi connectivity index (χ2n) is 6.42. The highest BCUT2D eigenvalue weighted by Crippen LogP contribution is 2.26. The van der Waals surface area contributed by atoms with E-state index in [1.807, 2.05) is 17.5 Å². The van der Waals surface area contributed by atoms with Crippen molar-refractivity contribution < 1.29 is 9.18 Å². The van der Waals surface area contributed by atoms with Crippen molar-refractivity contribution in [2.45, 2.75) is 0 Å². The summed E-state index contributed by atoms with van der Waals surface area (Å²) < 4.78 is 14.8. The van der Waals surface area contributed by atoms with Crippen LogP contribution in [-0.4, -0.2) is 30.6 Å². The van der Waals surface area contributed by atoms with Crippen molar-refractivity contribution >= 4 is 34.0 Å². The Morgan fingerprint density at radius 1 is 1.07 bits per heavy atom. The number of hydrogen-bond acceptors (Lipinski definition) is 5. The zero-order valence-electron chi connectivity index (χ0n) is 15.2. The number of H-pyrrole nitrogens is 2. The minimum Gasteiger partial charge on any atom is -0.319 e. The van der Waals surface area contributed by atoms with Crippen LogP contribution in [0.4, 0.5) is 10.1 Å². The average Bonchev–Trinajstić information content (AvgIpc) is 3.46. The van der Waals surface area contributed by atoms with Crippen LogP contribution in [0.25, 0.3) is 27.4 Å². The number of thiophene rings is 1. The molecule has 0 unspecified atom stereocenters. The minimum atomic E-state index is -0.508. The summed E-state index contributed by atoms with van der Waals surface area (Å²) in [5.41, 5.74) is 1.95. The van der Waals surface area contributed by atoms with Crippen LogP contribution in [0.3, 0.4) is 0 Å². The van der Waals surface area contributed by atoms with E-state index < -0.39 is 5.91 Å². The van der Waals surface area contributed by atoms with Gasteiger partial charge in [0.2, 0.25) is 5.82 Å². The lowest BCUT2D eigenvalue weighted by Gasteiger charge is -2.04. The molecule has 0 aliphatic heterocycles. The molecule has 0 atom stereocenters. The number of imidazole rings is 1. The molecule has 3 aromatic heterocycles. The fraction of sp³-hybridized carbons (Fsp3) is 0. The second kappa shape index (κ2) is 7.08. The van der Waals surface area contributed by atoms with E-state index in [9.17, 15) is 14.0 Å². The number of nitrogens with one attached hydrogen (secondary N) is 3. The zero-order valence-corrected chi connectivity index (χ0v) is 16.0. The standard InChI is InChI=1S/C20H13FN6O2S/c21-11-3-6-13(7-4-11)27-18(16-2-1-9-30-16)25-17(26-27)19(28)22-12-5-8-14-15(10-12)24-20(29)23-14/h1-10H,(H,22,28)(H2,23,24,29). The summed E-state index contributed by atoms with van der Waals surface area (Å²) in [7, 11) is 0. The Morgan fingerprint density at radius 3 is 2.63 bits per heavy atom. The maximum absolute atomic E-state index is 13.3. The molecule has 148 valence electrons. The highest BCUT2D eigenvalue weighted by atomic mass is 32.1. The summed E-state index contributed by atoms with van der Waals surface area (Å²) in [5.74, 6) is -0.434. The molecule has 5 aromatic rings. The molecule has 0 saturated heterocycles. The van der Waals surface area contributed by atoms with Gasteiger partial charge < -0.3 is 15.3 Å². The molecular formula is C20H13FN6O2S. The van der Waals surface area contributed by atoms with E-state index in [0.717, 1.165) is 4.88 Å². The number of rotatable bonds is 4. The molecular weight excluding hydrogens is 407 g/mol. The first-order valence-electron chi connectivity index (χ1n) is 8.87. The third-order valence-electron chi connectivity index (χ3n) is 4.40. The summed E-state index contributed by atoms with van der Waals surface area (Å²) in [6.07, 6.45) is 0. The molecule has 5 rings (SSSR count). The predicted octanol–water partition coefficient (Wildman–Crippen LogP) is 3.56. The van der Waals surface area contributed by atoms with Crippen molar-refractivity contribution in [3.05, 3.63) is 82.1 Å². The number of aromatic nitrogens is 5. The smallest absolute Gasteiger partial charge is 0.319 e. The van der Waals surface area contributed by atoms with Crippen LogP contribution in [0.1, 0.15) is 10.6 Å². The second-order valence-corrected chi connectivity index (χ2v) is 7.37. The quantitative estimate of drug-likeness (QED) is 0.413. The van der Waals surface area contributed by atoms with Crippen molar-refractivity contribution in [2.24, 2.45) is 0 Å². The molecule has 0 bridgehead atoms. The van der Waals surface area contributed by atoms with Crippen LogP contribution < -0.4 is 11.0 Å². The van der Waals surface area contributed by atoms with E-state index >= 15 is 0 Å². The van der Waals surface area contributed by atoms with E-state index in [2.05, 4.69) is 25.4 Å². The van der Waals surface area contributed by atoms with Gasteiger partial charge in [0.25, 0.3) is 5.91 Å². The SMILES string of the molecule is O=C(Nc1ccc2[nH]c(=O)[nH]c2c1)c1nc(-c2cccs2)n(-c2ccc(F)cc2)n1. The lowest BCUT2D eigenvalue weighted by Crippen LogP contribution is -2.14. The van der Waals surface area contributed by atoms with Gasteiger partial charge in [0.15, 0.2) is 5.82 Å². The van der Waals surface area contributed by atoms with Gasteiger partial charge in [-0.3, -0.25) is 4.79 Å². The monoisotopic (exact) mass is 420 g/mol. The molecule has 0 aliphatic carbocycles. The van der Waals surface area contributed by atoms with E-state index in [4.69, 9.17) is 0 Å². The Morgan fingerprint density at radius 2 is 1.87 bits per heavy atom. The van der Waals surface area contributed by atoms with Crippen molar-refractivity contribution in [1.29, 1.82) is 0 Å². The third-order valence-corrected chi connectivity index (χ3v) is 5.26. The summed E-state index contributed by atoms with van der Waals surface area (Å²) in [6.45, 7) is 0. The lowest BCUT2D eigenvalue weighted by molar-refractivity contribution is 0.101. The molecule has 0 radical (unpaired) electrons. The number of amides is 1. The van der Waals surface area contributed by atoms with Gasteiger partial charge in [-0.15, -0.1) is 16.4 Å². The number of fused-ring (bicyclic) bond motifs is 1. The van der Waals surface area contributed by atoms with E-state index in [0.29, 0.717) is 28.2 Å². The molecule has 8 nitrogen and oxygen atoms in total. The third kappa shape index (κ3) is 3.29. The molecule has 0 spiro atoms. The lowest BCUT2D eigenvalue weighted by atomic mass is 10.2. The summed E-state index contributed by atoms with van der Waals surface area (Å²) in [6, 6.07) is 14.5. The van der Waals surface area contributed by atoms with Crippen LogP contribution in [0.5, 0.6) is 0 Å². The number of nitrogens with zero attached hydrogens (tertiary/aromatic N) is 3. The summed E-state index contributed by atoms with van der Waals surface area (Å²) in [5, 5.41) is 8.97. The maximum atomic E-state index is 13.3. The molecule has 2 aromatic carbocycles. The number of aromatic amines is 2. The molecule has 3 heterocycles. The van der Waals surface area contributed by atoms with Crippen molar-refractivity contribution in [2.75, 3.05) is 5.32 Å². The van der Waals surface area contributed by atoms with Crippen molar-refractivity contribution in [3.63, 3.8) is 0 Å². The fourth-order valence-corrected chi connectivity index (χ4v) is 3.73. The molecule has 3 N–H and O–H groups in total. The fourth-order valence-electron chi connectivity index (χ4n) is 3.03. The van der Waals surface area contributed by atoms with Crippen molar-refractivity contribution in [3.8, 4) is 16.4 Å². The van der Waals surface area contributed by atoms with E-state index in [1.165, 1.54) is 28.2 Å². The van der Waals surface area contributed by atoms with Crippen LogP contribution in [0.2, 0.25) is 0 Å². The Balaban J connectivity index is 1.51. The Hall–Kier alpha value is -4.05. The Labute approximate surface area is 172 Å². The van der Waals surface area contributed by atoms with Crippen molar-refractivity contribution in [1.82, 2.24) is 24.7 Å². The Bertz CT molecular complexity index is 1420. The normalized spacial score (nSPS) is 11.1. The highest BCUT2D eigenvalue weighted by Gasteiger charge is 2.20. The number of benzene rings is 2. The number of hydrogen-bond donors (Lipinski definition) is 3. The highest BCUT2D eigenvalue weighted by molar-refractivity contribution is 7.13. The first-order valence-corrected chi connectivity index (χ1v) is 9.75. The number of anilines is 1. The van der Waals surface area contributed by atoms with Crippen LogP contribution in [0, 0.1) is 5.82 Å².